The van der Waals surface area contributed by atoms with E-state index in [0.29, 0.717) is 31.7 Å². The summed E-state index contributed by atoms with van der Waals surface area (Å²) >= 11 is 0. The summed E-state index contributed by atoms with van der Waals surface area (Å²) in [7, 11) is -2.28. The minimum Gasteiger partial charge on any atom is -0.336 e. The molecule has 0 radical (unpaired) electrons. The van der Waals surface area contributed by atoms with Gasteiger partial charge in [0.2, 0.25) is 15.9 Å². The van der Waals surface area contributed by atoms with Gasteiger partial charge in [0.05, 0.1) is 11.4 Å². The molecule has 166 valence electrons. The predicted molar refractivity (Wildman–Crippen MR) is 120 cm³/mol. The van der Waals surface area contributed by atoms with E-state index < -0.39 is 10.0 Å². The summed E-state index contributed by atoms with van der Waals surface area (Å²) in [5, 5.41) is 2.99. The van der Waals surface area contributed by atoms with Gasteiger partial charge in [-0.15, -0.1) is 0 Å². The molecule has 1 heterocycles. The molecule has 0 atom stereocenters. The molecule has 0 saturated carbocycles. The fraction of sp³-hybridized carbons (Fsp3) is 0.364. The first-order chi connectivity index (χ1) is 14.7. The lowest BCUT2D eigenvalue weighted by Crippen LogP contribution is -2.50. The van der Waals surface area contributed by atoms with Gasteiger partial charge in [-0.3, -0.25) is 14.5 Å². The third-order valence-electron chi connectivity index (χ3n) is 5.43. The monoisotopic (exact) mass is 444 g/mol. The van der Waals surface area contributed by atoms with Crippen molar-refractivity contribution in [2.75, 3.05) is 45.1 Å². The van der Waals surface area contributed by atoms with Gasteiger partial charge in [-0.1, -0.05) is 24.3 Å². The number of para-hydroxylation sites is 1. The van der Waals surface area contributed by atoms with Crippen molar-refractivity contribution in [2.45, 2.75) is 18.7 Å². The van der Waals surface area contributed by atoms with Crippen molar-refractivity contribution in [3.63, 3.8) is 0 Å². The van der Waals surface area contributed by atoms with Crippen LogP contribution >= 0.6 is 0 Å². The predicted octanol–water partition coefficient (Wildman–Crippen LogP) is 1.61. The summed E-state index contributed by atoms with van der Waals surface area (Å²) in [5.74, 6) is -0.296. The zero-order valence-electron chi connectivity index (χ0n) is 18.0. The Kier molecular flexibility index (Phi) is 7.09. The Morgan fingerprint density at radius 3 is 2.19 bits per heavy atom. The first-order valence-electron chi connectivity index (χ1n) is 10.1. The maximum Gasteiger partial charge on any atom is 0.253 e. The smallest absolute Gasteiger partial charge is 0.253 e. The number of rotatable bonds is 6. The van der Waals surface area contributed by atoms with Crippen LogP contribution in [-0.4, -0.2) is 69.8 Å². The molecule has 9 heteroatoms. The second-order valence-electron chi connectivity index (χ2n) is 7.62. The van der Waals surface area contributed by atoms with Crippen LogP contribution in [0.25, 0.3) is 0 Å². The minimum absolute atomic E-state index is 0.0580. The number of hydrogen-bond acceptors (Lipinski definition) is 5. The normalized spacial score (nSPS) is 15.0. The maximum atomic E-state index is 12.8. The number of aryl methyl sites for hydroxylation is 2. The van der Waals surface area contributed by atoms with E-state index in [1.807, 2.05) is 36.9 Å². The standard InChI is InChI=1S/C22H28N4O4S/c1-16-6-4-7-17(2)21(16)24-20(27)15-25-10-12-26(13-11-25)22(28)18-8-5-9-19(14-18)31(29,30)23-3/h4-9,14,23H,10-13,15H2,1-3H3,(H,24,27). The highest BCUT2D eigenvalue weighted by molar-refractivity contribution is 7.89. The SMILES string of the molecule is CNS(=O)(=O)c1cccc(C(=O)N2CCN(CC(=O)Nc3c(C)cccc3C)CC2)c1. The third-order valence-corrected chi connectivity index (χ3v) is 6.84. The van der Waals surface area contributed by atoms with Crippen LogP contribution in [0.5, 0.6) is 0 Å². The topological polar surface area (TPSA) is 98.8 Å². The Labute approximate surface area is 183 Å². The molecule has 2 aromatic rings. The van der Waals surface area contributed by atoms with E-state index in [-0.39, 0.29) is 23.3 Å². The highest BCUT2D eigenvalue weighted by Crippen LogP contribution is 2.19. The fourth-order valence-corrected chi connectivity index (χ4v) is 4.37. The molecule has 2 aromatic carbocycles. The van der Waals surface area contributed by atoms with E-state index in [9.17, 15) is 18.0 Å². The lowest BCUT2D eigenvalue weighted by Gasteiger charge is -2.34. The fourth-order valence-electron chi connectivity index (χ4n) is 3.60. The third kappa shape index (κ3) is 5.49. The van der Waals surface area contributed by atoms with E-state index in [0.717, 1.165) is 16.8 Å². The molecule has 8 nitrogen and oxygen atoms in total. The number of carbonyl (C=O) groups is 2. The largest absolute Gasteiger partial charge is 0.336 e. The van der Waals surface area contributed by atoms with Crippen LogP contribution in [0.2, 0.25) is 0 Å². The number of amides is 2. The van der Waals surface area contributed by atoms with E-state index in [1.165, 1.54) is 19.2 Å². The van der Waals surface area contributed by atoms with E-state index >= 15 is 0 Å². The second kappa shape index (κ2) is 9.59. The zero-order chi connectivity index (χ0) is 22.6. The summed E-state index contributed by atoms with van der Waals surface area (Å²) in [5.41, 5.74) is 3.22. The number of hydrogen-bond donors (Lipinski definition) is 2. The Hall–Kier alpha value is -2.75. The lowest BCUT2D eigenvalue weighted by atomic mass is 10.1. The van der Waals surface area contributed by atoms with Gasteiger partial charge in [-0.2, -0.15) is 0 Å². The van der Waals surface area contributed by atoms with Gasteiger partial charge in [-0.25, -0.2) is 13.1 Å². The molecule has 2 amide bonds. The summed E-state index contributed by atoms with van der Waals surface area (Å²) in [6, 6.07) is 11.9. The second-order valence-corrected chi connectivity index (χ2v) is 9.51. The van der Waals surface area contributed by atoms with Gasteiger partial charge in [0.1, 0.15) is 0 Å². The number of carbonyl (C=O) groups excluding carboxylic acids is 2. The van der Waals surface area contributed by atoms with Crippen LogP contribution in [0.15, 0.2) is 47.4 Å². The number of anilines is 1. The molecule has 2 N–H and O–H groups in total. The average Bonchev–Trinajstić information content (AvgIpc) is 2.76. The number of piperazine rings is 1. The van der Waals surface area contributed by atoms with Crippen molar-refractivity contribution in [3.8, 4) is 0 Å². The highest BCUT2D eigenvalue weighted by Gasteiger charge is 2.24. The summed E-state index contributed by atoms with van der Waals surface area (Å²) in [6.07, 6.45) is 0. The molecule has 3 rings (SSSR count). The van der Waals surface area contributed by atoms with Crippen molar-refractivity contribution < 1.29 is 18.0 Å². The van der Waals surface area contributed by atoms with Gasteiger partial charge >= 0.3 is 0 Å². The molecule has 0 bridgehead atoms. The Morgan fingerprint density at radius 1 is 0.968 bits per heavy atom. The summed E-state index contributed by atoms with van der Waals surface area (Å²) in [4.78, 5) is 29.1. The lowest BCUT2D eigenvalue weighted by molar-refractivity contribution is -0.117. The van der Waals surface area contributed by atoms with Crippen LogP contribution < -0.4 is 10.0 Å². The molecule has 31 heavy (non-hydrogen) atoms. The van der Waals surface area contributed by atoms with Crippen molar-refractivity contribution in [3.05, 3.63) is 59.2 Å². The van der Waals surface area contributed by atoms with Crippen molar-refractivity contribution in [1.82, 2.24) is 14.5 Å². The molecule has 1 aliphatic rings. The molecule has 0 unspecified atom stereocenters. The first-order valence-corrected chi connectivity index (χ1v) is 11.6. The van der Waals surface area contributed by atoms with Gasteiger partial charge in [0, 0.05) is 37.4 Å². The number of nitrogens with zero attached hydrogens (tertiary/aromatic N) is 2. The average molecular weight is 445 g/mol. The summed E-state index contributed by atoms with van der Waals surface area (Å²) in [6.45, 7) is 6.26. The van der Waals surface area contributed by atoms with Crippen LogP contribution in [0.1, 0.15) is 21.5 Å². The minimum atomic E-state index is -3.61. The Morgan fingerprint density at radius 2 is 1.58 bits per heavy atom. The highest BCUT2D eigenvalue weighted by atomic mass is 32.2. The molecular formula is C22H28N4O4S. The van der Waals surface area contributed by atoms with Crippen LogP contribution in [0.3, 0.4) is 0 Å². The van der Waals surface area contributed by atoms with Gasteiger partial charge in [0.15, 0.2) is 0 Å². The van der Waals surface area contributed by atoms with Crippen molar-refractivity contribution in [1.29, 1.82) is 0 Å². The molecule has 0 aromatic heterocycles. The Bertz CT molecular complexity index is 1060. The van der Waals surface area contributed by atoms with E-state index in [4.69, 9.17) is 0 Å². The molecule has 1 aliphatic heterocycles. The quantitative estimate of drug-likeness (QED) is 0.705. The molecule has 0 spiro atoms. The number of benzene rings is 2. The van der Waals surface area contributed by atoms with Crippen LogP contribution in [-0.2, 0) is 14.8 Å². The molecule has 1 saturated heterocycles. The number of sulfonamides is 1. The molecule has 0 aliphatic carbocycles. The first kappa shape index (κ1) is 22.9. The molecular weight excluding hydrogens is 416 g/mol. The zero-order valence-corrected chi connectivity index (χ0v) is 18.8. The van der Waals surface area contributed by atoms with Crippen LogP contribution in [0, 0.1) is 13.8 Å². The van der Waals surface area contributed by atoms with E-state index in [1.54, 1.807) is 17.0 Å². The van der Waals surface area contributed by atoms with Crippen molar-refractivity contribution >= 4 is 27.5 Å². The van der Waals surface area contributed by atoms with Gasteiger partial charge in [0.25, 0.3) is 5.91 Å². The van der Waals surface area contributed by atoms with Gasteiger partial charge < -0.3 is 10.2 Å². The molecule has 1 fully saturated rings. The Balaban J connectivity index is 1.56. The summed E-state index contributed by atoms with van der Waals surface area (Å²) < 4.78 is 26.2. The maximum absolute atomic E-state index is 12.8. The van der Waals surface area contributed by atoms with Gasteiger partial charge in [-0.05, 0) is 50.2 Å². The number of nitrogens with one attached hydrogen (secondary N) is 2. The van der Waals surface area contributed by atoms with E-state index in [2.05, 4.69) is 10.0 Å². The van der Waals surface area contributed by atoms with Crippen molar-refractivity contribution in [2.24, 2.45) is 0 Å². The van der Waals surface area contributed by atoms with Crippen LogP contribution in [0.4, 0.5) is 5.69 Å².